The topological polar surface area (TPSA) is 70.1 Å². The molecule has 0 aromatic heterocycles. The molecule has 8 heteroatoms. The lowest BCUT2D eigenvalue weighted by Crippen LogP contribution is -2.73. The molecular formula is C22H24N2O4S2. The minimum atomic E-state index is -1.35. The molecule has 3 aliphatic rings. The van der Waals surface area contributed by atoms with Crippen molar-refractivity contribution in [2.24, 2.45) is 0 Å². The number of thioether (sulfide) groups is 2. The summed E-state index contributed by atoms with van der Waals surface area (Å²) in [6.07, 6.45) is 0.388. The van der Waals surface area contributed by atoms with Crippen LogP contribution >= 0.6 is 23.5 Å². The predicted octanol–water partition coefficient (Wildman–Crippen LogP) is 2.73. The van der Waals surface area contributed by atoms with Gasteiger partial charge in [0.05, 0.1) is 18.3 Å². The molecule has 6 nitrogen and oxygen atoms in total. The van der Waals surface area contributed by atoms with Crippen molar-refractivity contribution >= 4 is 35.3 Å². The molecular weight excluding hydrogens is 420 g/mol. The summed E-state index contributed by atoms with van der Waals surface area (Å²) in [7, 11) is 4.90. The Morgan fingerprint density at radius 1 is 0.933 bits per heavy atom. The highest BCUT2D eigenvalue weighted by molar-refractivity contribution is 8.18. The monoisotopic (exact) mass is 444 g/mol. The van der Waals surface area contributed by atoms with Crippen molar-refractivity contribution in [3.05, 3.63) is 65.7 Å². The third-order valence-corrected chi connectivity index (χ3v) is 9.35. The zero-order valence-corrected chi connectivity index (χ0v) is 18.7. The number of carbonyl (C=O) groups excluding carboxylic acids is 2. The van der Waals surface area contributed by atoms with Gasteiger partial charge in [-0.25, -0.2) is 0 Å². The molecule has 3 atom stereocenters. The quantitative estimate of drug-likeness (QED) is 0.765. The van der Waals surface area contributed by atoms with E-state index in [0.717, 1.165) is 16.9 Å². The van der Waals surface area contributed by atoms with Crippen molar-refractivity contribution in [3.63, 3.8) is 0 Å². The summed E-state index contributed by atoms with van der Waals surface area (Å²) < 4.78 is 5.04. The van der Waals surface area contributed by atoms with E-state index in [-0.39, 0.29) is 16.4 Å². The van der Waals surface area contributed by atoms with Crippen molar-refractivity contribution in [3.8, 4) is 5.75 Å². The summed E-state index contributed by atoms with van der Waals surface area (Å²) in [6, 6.07) is 17.4. The minimum absolute atomic E-state index is 0.170. The van der Waals surface area contributed by atoms with Crippen LogP contribution in [0.3, 0.4) is 0 Å². The van der Waals surface area contributed by atoms with Gasteiger partial charge in [0.1, 0.15) is 5.75 Å². The predicted molar refractivity (Wildman–Crippen MR) is 119 cm³/mol. The molecule has 2 aromatic rings. The Kier molecular flexibility index (Phi) is 5.50. The van der Waals surface area contributed by atoms with Gasteiger partial charge in [0.15, 0.2) is 9.74 Å². The highest BCUT2D eigenvalue weighted by Crippen LogP contribution is 2.60. The standard InChI is InChI=1S/C22H24N2O4S2/c1-23-20(27)22(14-25)24(2)19(26)21(23,13-15-7-5-4-6-8-15)29-18(30-22)16-9-11-17(28-3)12-10-16/h4-12,18,25H,13-14H2,1-3H3/t18?,21-,22-/m0/s1. The van der Waals surface area contributed by atoms with Gasteiger partial charge < -0.3 is 19.6 Å². The normalized spacial score (nSPS) is 28.6. The van der Waals surface area contributed by atoms with Crippen LogP contribution in [0, 0.1) is 0 Å². The summed E-state index contributed by atoms with van der Waals surface area (Å²) in [5.74, 6) is 0.315. The van der Waals surface area contributed by atoms with E-state index >= 15 is 0 Å². The zero-order valence-electron chi connectivity index (χ0n) is 17.1. The fourth-order valence-corrected chi connectivity index (χ4v) is 7.72. The van der Waals surface area contributed by atoms with E-state index in [1.165, 1.54) is 28.4 Å². The Hall–Kier alpha value is -2.16. The molecule has 3 saturated heterocycles. The van der Waals surface area contributed by atoms with Gasteiger partial charge in [0, 0.05) is 20.5 Å². The van der Waals surface area contributed by atoms with Crippen molar-refractivity contribution in [2.75, 3.05) is 27.8 Å². The molecule has 158 valence electrons. The summed E-state index contributed by atoms with van der Waals surface area (Å²) in [5, 5.41) is 10.3. The third-order valence-electron chi connectivity index (χ3n) is 5.85. The van der Waals surface area contributed by atoms with Gasteiger partial charge in [-0.3, -0.25) is 9.59 Å². The Labute approximate surface area is 184 Å². The summed E-state index contributed by atoms with van der Waals surface area (Å²) in [6.45, 7) is -0.447. The van der Waals surface area contributed by atoms with E-state index < -0.39 is 16.3 Å². The molecule has 1 N–H and O–H groups in total. The van der Waals surface area contributed by atoms with Crippen LogP contribution in [0.15, 0.2) is 54.6 Å². The lowest BCUT2D eigenvalue weighted by Gasteiger charge is -2.50. The van der Waals surface area contributed by atoms with Crippen LogP contribution < -0.4 is 4.74 Å². The number of hydrogen-bond acceptors (Lipinski definition) is 6. The fraction of sp³-hybridized carbons (Fsp3) is 0.364. The first-order valence-electron chi connectivity index (χ1n) is 9.59. The van der Waals surface area contributed by atoms with Crippen LogP contribution in [0.1, 0.15) is 15.7 Å². The Morgan fingerprint density at radius 3 is 2.10 bits per heavy atom. The van der Waals surface area contributed by atoms with Crippen LogP contribution in [0.2, 0.25) is 0 Å². The molecule has 3 heterocycles. The number of benzene rings is 2. The molecule has 0 spiro atoms. The van der Waals surface area contributed by atoms with E-state index in [1.807, 2.05) is 54.6 Å². The van der Waals surface area contributed by atoms with Crippen molar-refractivity contribution < 1.29 is 19.4 Å². The number of carbonyl (C=O) groups is 2. The number of nitrogens with zero attached hydrogens (tertiary/aromatic N) is 2. The SMILES string of the molecule is COc1ccc(C2S[C@@]3(CO)C(=O)N(C)[C@@](Cc4ccccc4)(S2)C(=O)N3C)cc1. The number of hydrogen-bond donors (Lipinski definition) is 1. The number of aliphatic hydroxyl groups is 1. The van der Waals surface area contributed by atoms with Gasteiger partial charge in [-0.1, -0.05) is 42.5 Å². The van der Waals surface area contributed by atoms with E-state index in [1.54, 1.807) is 26.1 Å². The second-order valence-corrected chi connectivity index (χ2v) is 10.5. The number of piperazine rings is 1. The third kappa shape index (κ3) is 3.09. The number of ether oxygens (including phenoxy) is 1. The highest BCUT2D eigenvalue weighted by atomic mass is 32.2. The summed E-state index contributed by atoms with van der Waals surface area (Å²) in [4.78, 5) is 27.7. The molecule has 2 bridgehead atoms. The molecule has 5 rings (SSSR count). The maximum absolute atomic E-state index is 13.7. The molecule has 0 aliphatic carbocycles. The summed E-state index contributed by atoms with van der Waals surface area (Å²) >= 11 is 2.79. The minimum Gasteiger partial charge on any atom is -0.497 e. The molecule has 2 aromatic carbocycles. The largest absolute Gasteiger partial charge is 0.497 e. The number of likely N-dealkylation sites (N-methyl/N-ethyl adjacent to an activating group) is 2. The van der Waals surface area contributed by atoms with E-state index in [4.69, 9.17) is 4.74 Å². The average Bonchev–Trinajstić information content (AvgIpc) is 2.94. The Morgan fingerprint density at radius 2 is 1.50 bits per heavy atom. The van der Waals surface area contributed by atoms with Crippen molar-refractivity contribution in [1.29, 1.82) is 0 Å². The lowest BCUT2D eigenvalue weighted by atomic mass is 9.98. The van der Waals surface area contributed by atoms with Gasteiger partial charge >= 0.3 is 0 Å². The zero-order chi connectivity index (χ0) is 21.5. The Bertz CT molecular complexity index is 955. The molecule has 0 radical (unpaired) electrons. The van der Waals surface area contributed by atoms with Crippen molar-refractivity contribution in [1.82, 2.24) is 9.80 Å². The van der Waals surface area contributed by atoms with Gasteiger partial charge in [0.25, 0.3) is 11.8 Å². The van der Waals surface area contributed by atoms with E-state index in [9.17, 15) is 14.7 Å². The first-order chi connectivity index (χ1) is 14.4. The second kappa shape index (κ2) is 7.83. The first-order valence-corrected chi connectivity index (χ1v) is 11.3. The Balaban J connectivity index is 1.84. The van der Waals surface area contributed by atoms with Gasteiger partial charge in [0.2, 0.25) is 0 Å². The number of rotatable bonds is 5. The fourth-order valence-electron chi connectivity index (χ4n) is 3.99. The average molecular weight is 445 g/mol. The molecule has 1 unspecified atom stereocenters. The van der Waals surface area contributed by atoms with Crippen LogP contribution in [0.4, 0.5) is 0 Å². The molecule has 3 aliphatic heterocycles. The lowest BCUT2D eigenvalue weighted by molar-refractivity contribution is -0.164. The molecule has 2 amide bonds. The smallest absolute Gasteiger partial charge is 0.262 e. The number of fused-ring (bicyclic) bond motifs is 4. The summed E-state index contributed by atoms with van der Waals surface area (Å²) in [5.41, 5.74) is 1.94. The van der Waals surface area contributed by atoms with E-state index in [0.29, 0.717) is 6.42 Å². The maximum Gasteiger partial charge on any atom is 0.262 e. The number of amides is 2. The van der Waals surface area contributed by atoms with Gasteiger partial charge in [-0.05, 0) is 23.3 Å². The maximum atomic E-state index is 13.7. The number of aliphatic hydroxyl groups excluding tert-OH is 1. The van der Waals surface area contributed by atoms with Gasteiger partial charge in [-0.15, -0.1) is 23.5 Å². The highest BCUT2D eigenvalue weighted by Gasteiger charge is 2.65. The molecule has 0 saturated carbocycles. The van der Waals surface area contributed by atoms with Crippen LogP contribution in [-0.2, 0) is 16.0 Å². The van der Waals surface area contributed by atoms with Crippen LogP contribution in [-0.4, -0.2) is 64.3 Å². The molecule has 30 heavy (non-hydrogen) atoms. The number of methoxy groups -OCH3 is 1. The van der Waals surface area contributed by atoms with Gasteiger partial charge in [-0.2, -0.15) is 0 Å². The van der Waals surface area contributed by atoms with Crippen molar-refractivity contribution in [2.45, 2.75) is 20.7 Å². The van der Waals surface area contributed by atoms with E-state index in [2.05, 4.69) is 0 Å². The van der Waals surface area contributed by atoms with Crippen LogP contribution in [0.25, 0.3) is 0 Å². The first kappa shape index (κ1) is 21.1. The van der Waals surface area contributed by atoms with Crippen LogP contribution in [0.5, 0.6) is 5.75 Å². The second-order valence-electron chi connectivity index (χ2n) is 7.46. The molecule has 3 fully saturated rings.